The molecule has 94 valence electrons. The molecule has 0 bridgehead atoms. The topological polar surface area (TPSA) is 15.8 Å². The number of alkyl halides is 3. The van der Waals surface area contributed by atoms with E-state index in [9.17, 15) is 17.6 Å². The van der Waals surface area contributed by atoms with Crippen molar-refractivity contribution in [3.05, 3.63) is 52.5 Å². The minimum atomic E-state index is -4.39. The van der Waals surface area contributed by atoms with E-state index in [-0.39, 0.29) is 4.64 Å². The van der Waals surface area contributed by atoms with Crippen LogP contribution in [0.3, 0.4) is 0 Å². The zero-order chi connectivity index (χ0) is 13.3. The van der Waals surface area contributed by atoms with Gasteiger partial charge in [-0.2, -0.15) is 13.2 Å². The van der Waals surface area contributed by atoms with Gasteiger partial charge < -0.3 is 4.98 Å². The smallest absolute Gasteiger partial charge is 0.350 e. The molecule has 0 amide bonds. The van der Waals surface area contributed by atoms with Gasteiger partial charge in [-0.25, -0.2) is 4.39 Å². The molecule has 2 rings (SSSR count). The van der Waals surface area contributed by atoms with E-state index in [2.05, 4.69) is 4.98 Å². The van der Waals surface area contributed by atoms with Crippen molar-refractivity contribution in [1.29, 1.82) is 0 Å². The summed E-state index contributed by atoms with van der Waals surface area (Å²) in [5, 5.41) is 0. The van der Waals surface area contributed by atoms with E-state index in [0.29, 0.717) is 11.1 Å². The third kappa shape index (κ3) is 2.59. The number of pyridine rings is 1. The predicted octanol–water partition coefficient (Wildman–Crippen LogP) is 4.57. The van der Waals surface area contributed by atoms with Crippen molar-refractivity contribution in [2.45, 2.75) is 6.18 Å². The molecule has 0 saturated carbocycles. The molecule has 0 aliphatic rings. The Hall–Kier alpha value is -1.69. The molecule has 0 aliphatic heterocycles. The molecule has 0 unspecified atom stereocenters. The van der Waals surface area contributed by atoms with E-state index in [0.717, 1.165) is 18.3 Å². The van der Waals surface area contributed by atoms with Crippen LogP contribution in [-0.4, -0.2) is 4.98 Å². The number of aromatic nitrogens is 1. The maximum atomic E-state index is 13.0. The van der Waals surface area contributed by atoms with Crippen LogP contribution in [0.25, 0.3) is 11.1 Å². The van der Waals surface area contributed by atoms with E-state index in [1.807, 2.05) is 0 Å². The maximum Gasteiger partial charge on any atom is 0.416 e. The zero-order valence-corrected chi connectivity index (χ0v) is 9.70. The highest BCUT2D eigenvalue weighted by Crippen LogP contribution is 2.31. The largest absolute Gasteiger partial charge is 0.416 e. The second-order valence-electron chi connectivity index (χ2n) is 3.64. The number of H-pyrrole nitrogens is 1. The molecule has 6 heteroatoms. The number of aromatic amines is 1. The van der Waals surface area contributed by atoms with Crippen LogP contribution in [0.2, 0.25) is 0 Å². The Morgan fingerprint density at radius 1 is 1.06 bits per heavy atom. The van der Waals surface area contributed by atoms with Gasteiger partial charge in [0.25, 0.3) is 0 Å². The van der Waals surface area contributed by atoms with Crippen LogP contribution in [0.1, 0.15) is 5.56 Å². The SMILES string of the molecule is Fc1c[nH]c(=S)c(-c2ccc(C(F)(F)F)cc2)c1. The minimum absolute atomic E-state index is 0.274. The van der Waals surface area contributed by atoms with E-state index < -0.39 is 17.6 Å². The first-order valence-electron chi connectivity index (χ1n) is 4.94. The number of halogens is 4. The summed E-state index contributed by atoms with van der Waals surface area (Å²) in [7, 11) is 0. The summed E-state index contributed by atoms with van der Waals surface area (Å²) in [4.78, 5) is 2.53. The van der Waals surface area contributed by atoms with Crippen LogP contribution in [0, 0.1) is 10.5 Å². The second-order valence-corrected chi connectivity index (χ2v) is 4.04. The van der Waals surface area contributed by atoms with Gasteiger partial charge in [0.2, 0.25) is 0 Å². The van der Waals surface area contributed by atoms with Gasteiger partial charge >= 0.3 is 6.18 Å². The number of hydrogen-bond donors (Lipinski definition) is 1. The summed E-state index contributed by atoms with van der Waals surface area (Å²) in [5.41, 5.74) is 0.0417. The number of nitrogens with one attached hydrogen (secondary N) is 1. The lowest BCUT2D eigenvalue weighted by Gasteiger charge is -2.07. The van der Waals surface area contributed by atoms with Crippen molar-refractivity contribution in [3.8, 4) is 11.1 Å². The van der Waals surface area contributed by atoms with Crippen molar-refractivity contribution in [2.75, 3.05) is 0 Å². The van der Waals surface area contributed by atoms with Crippen molar-refractivity contribution >= 4 is 12.2 Å². The third-order valence-electron chi connectivity index (χ3n) is 2.39. The lowest BCUT2D eigenvalue weighted by atomic mass is 10.1. The Bertz CT molecular complexity index is 613. The summed E-state index contributed by atoms with van der Waals surface area (Å²) in [5.74, 6) is -0.529. The molecular formula is C12H7F4NS. The predicted molar refractivity (Wildman–Crippen MR) is 62.0 cm³/mol. The van der Waals surface area contributed by atoms with Gasteiger partial charge in [-0.05, 0) is 23.8 Å². The molecular weight excluding hydrogens is 266 g/mol. The maximum absolute atomic E-state index is 13.0. The Kier molecular flexibility index (Phi) is 3.21. The van der Waals surface area contributed by atoms with Gasteiger partial charge in [0, 0.05) is 11.8 Å². The van der Waals surface area contributed by atoms with Gasteiger partial charge in [0.1, 0.15) is 10.5 Å². The molecule has 0 saturated heterocycles. The molecule has 0 atom stereocenters. The molecule has 1 nitrogen and oxygen atoms in total. The van der Waals surface area contributed by atoms with Crippen LogP contribution in [0.5, 0.6) is 0 Å². The monoisotopic (exact) mass is 273 g/mol. The molecule has 0 radical (unpaired) electrons. The van der Waals surface area contributed by atoms with E-state index in [1.165, 1.54) is 18.2 Å². The molecule has 0 spiro atoms. The van der Waals surface area contributed by atoms with Crippen molar-refractivity contribution in [1.82, 2.24) is 4.98 Å². The van der Waals surface area contributed by atoms with Gasteiger partial charge in [-0.15, -0.1) is 0 Å². The number of hydrogen-bond acceptors (Lipinski definition) is 1. The van der Waals surface area contributed by atoms with E-state index >= 15 is 0 Å². The summed E-state index contributed by atoms with van der Waals surface area (Å²) >= 11 is 4.96. The Balaban J connectivity index is 2.47. The Morgan fingerprint density at radius 2 is 1.67 bits per heavy atom. The quantitative estimate of drug-likeness (QED) is 0.594. The standard InChI is InChI=1S/C12H7F4NS/c13-9-5-10(11(18)17-6-9)7-1-3-8(4-2-7)12(14,15)16/h1-6H,(H,17,18). The van der Waals surface area contributed by atoms with Crippen LogP contribution >= 0.6 is 12.2 Å². The van der Waals surface area contributed by atoms with Gasteiger partial charge in [-0.1, -0.05) is 24.4 Å². The first kappa shape index (κ1) is 12.8. The summed E-state index contributed by atoms with van der Waals surface area (Å²) < 4.78 is 50.5. The van der Waals surface area contributed by atoms with Gasteiger partial charge in [0.15, 0.2) is 0 Å². The van der Waals surface area contributed by atoms with Crippen molar-refractivity contribution in [2.24, 2.45) is 0 Å². The van der Waals surface area contributed by atoms with Crippen molar-refractivity contribution in [3.63, 3.8) is 0 Å². The highest BCUT2D eigenvalue weighted by atomic mass is 32.1. The highest BCUT2D eigenvalue weighted by molar-refractivity contribution is 7.71. The number of rotatable bonds is 1. The van der Waals surface area contributed by atoms with Gasteiger partial charge in [-0.3, -0.25) is 0 Å². The first-order valence-corrected chi connectivity index (χ1v) is 5.34. The van der Waals surface area contributed by atoms with Gasteiger partial charge in [0.05, 0.1) is 5.56 Å². The fraction of sp³-hybridized carbons (Fsp3) is 0.0833. The molecule has 2 aromatic rings. The van der Waals surface area contributed by atoms with Crippen LogP contribution in [0.15, 0.2) is 36.5 Å². The fourth-order valence-corrected chi connectivity index (χ4v) is 1.75. The molecule has 18 heavy (non-hydrogen) atoms. The molecule has 0 fully saturated rings. The average molecular weight is 273 g/mol. The highest BCUT2D eigenvalue weighted by Gasteiger charge is 2.29. The molecule has 1 aromatic carbocycles. The molecule has 0 aliphatic carbocycles. The second kappa shape index (κ2) is 4.53. The normalized spacial score (nSPS) is 11.6. The summed E-state index contributed by atoms with van der Waals surface area (Å²) in [6, 6.07) is 5.59. The Morgan fingerprint density at radius 3 is 2.22 bits per heavy atom. The van der Waals surface area contributed by atoms with Crippen molar-refractivity contribution < 1.29 is 17.6 Å². The lowest BCUT2D eigenvalue weighted by Crippen LogP contribution is -2.04. The average Bonchev–Trinajstić information content (AvgIpc) is 2.31. The van der Waals surface area contributed by atoms with Crippen LogP contribution in [0.4, 0.5) is 17.6 Å². The summed E-state index contributed by atoms with van der Waals surface area (Å²) in [6.45, 7) is 0. The molecule has 1 heterocycles. The zero-order valence-electron chi connectivity index (χ0n) is 8.88. The molecule has 1 aromatic heterocycles. The van der Waals surface area contributed by atoms with Crippen LogP contribution in [-0.2, 0) is 6.18 Å². The number of benzene rings is 1. The fourth-order valence-electron chi connectivity index (χ4n) is 1.51. The van der Waals surface area contributed by atoms with E-state index in [1.54, 1.807) is 0 Å². The first-order chi connectivity index (χ1) is 8.38. The lowest BCUT2D eigenvalue weighted by molar-refractivity contribution is -0.137. The minimum Gasteiger partial charge on any atom is -0.350 e. The Labute approximate surface area is 105 Å². The van der Waals surface area contributed by atoms with E-state index in [4.69, 9.17) is 12.2 Å². The third-order valence-corrected chi connectivity index (χ3v) is 2.73. The molecule has 1 N–H and O–H groups in total. The van der Waals surface area contributed by atoms with Crippen LogP contribution < -0.4 is 0 Å². The summed E-state index contributed by atoms with van der Waals surface area (Å²) in [6.07, 6.45) is -3.29.